The number of halogens is 1. The van der Waals surface area contributed by atoms with Gasteiger partial charge in [0.15, 0.2) is 0 Å². The summed E-state index contributed by atoms with van der Waals surface area (Å²) in [6.45, 7) is 6.53. The molecular weight excluding hydrogens is 232 g/mol. The van der Waals surface area contributed by atoms with Crippen LogP contribution in [0.15, 0.2) is 0 Å². The maximum Gasteiger partial charge on any atom is 0.129 e. The number of hydrogen-bond acceptors (Lipinski definition) is 1. The van der Waals surface area contributed by atoms with Gasteiger partial charge in [-0.1, -0.05) is 41.5 Å². The minimum absolute atomic E-state index is 0.422. The van der Waals surface area contributed by atoms with E-state index in [-0.39, 0.29) is 0 Å². The van der Waals surface area contributed by atoms with Gasteiger partial charge in [0, 0.05) is 5.33 Å². The van der Waals surface area contributed by atoms with E-state index in [2.05, 4.69) is 47.0 Å². The van der Waals surface area contributed by atoms with Gasteiger partial charge in [-0.25, -0.2) is 0 Å². The molecule has 0 heterocycles. The van der Waals surface area contributed by atoms with Crippen LogP contribution in [0.3, 0.4) is 0 Å². The second-order valence-corrected chi connectivity index (χ2v) is 9.41. The van der Waals surface area contributed by atoms with E-state index in [4.69, 9.17) is 0 Å². The molecule has 0 aliphatic heterocycles. The lowest BCUT2D eigenvalue weighted by atomic mass is 10.2. The maximum absolute atomic E-state index is 9.37. The predicted octanol–water partition coefficient (Wildman–Crippen LogP) is 2.40. The van der Waals surface area contributed by atoms with E-state index in [9.17, 15) is 5.11 Å². The van der Waals surface area contributed by atoms with Crippen molar-refractivity contribution in [1.29, 1.82) is 0 Å². The standard InChI is InChI=1S/C9H17BrOSi/c1-12(2,3)8-6-9(11)5-4-7-10/h9,11H,4-5,7H2,1-3H3. The van der Waals surface area contributed by atoms with Gasteiger partial charge in [-0.2, -0.15) is 0 Å². The van der Waals surface area contributed by atoms with E-state index < -0.39 is 14.2 Å². The summed E-state index contributed by atoms with van der Waals surface area (Å²) in [7, 11) is -1.29. The Morgan fingerprint density at radius 3 is 2.42 bits per heavy atom. The van der Waals surface area contributed by atoms with E-state index in [1.165, 1.54) is 0 Å². The molecule has 0 amide bonds. The van der Waals surface area contributed by atoms with Crippen LogP contribution in [0.1, 0.15) is 12.8 Å². The highest BCUT2D eigenvalue weighted by atomic mass is 79.9. The van der Waals surface area contributed by atoms with E-state index in [0.29, 0.717) is 0 Å². The van der Waals surface area contributed by atoms with Gasteiger partial charge >= 0.3 is 0 Å². The molecule has 3 heteroatoms. The fourth-order valence-corrected chi connectivity index (χ4v) is 1.57. The normalized spacial score (nSPS) is 13.4. The summed E-state index contributed by atoms with van der Waals surface area (Å²) in [6, 6.07) is 0. The van der Waals surface area contributed by atoms with Gasteiger partial charge in [-0.3, -0.25) is 0 Å². The number of hydrogen-bond donors (Lipinski definition) is 1. The van der Waals surface area contributed by atoms with Gasteiger partial charge in [0.25, 0.3) is 0 Å². The van der Waals surface area contributed by atoms with Gasteiger partial charge in [-0.05, 0) is 12.8 Å². The highest BCUT2D eigenvalue weighted by Crippen LogP contribution is 2.01. The first kappa shape index (κ1) is 12.2. The van der Waals surface area contributed by atoms with Crippen molar-refractivity contribution in [3.8, 4) is 11.5 Å². The van der Waals surface area contributed by atoms with Gasteiger partial charge in [0.2, 0.25) is 0 Å². The molecule has 1 atom stereocenters. The zero-order chi connectivity index (χ0) is 9.61. The van der Waals surface area contributed by atoms with Crippen LogP contribution < -0.4 is 0 Å². The van der Waals surface area contributed by atoms with Crippen molar-refractivity contribution in [3.05, 3.63) is 0 Å². The molecule has 1 nitrogen and oxygen atoms in total. The Bertz CT molecular complexity index is 175. The first-order chi connectivity index (χ1) is 5.45. The SMILES string of the molecule is C[Si](C)(C)C#CC(O)CCCBr. The Balaban J connectivity index is 3.79. The van der Waals surface area contributed by atoms with Gasteiger partial charge in [0.05, 0.1) is 0 Å². The van der Waals surface area contributed by atoms with E-state index >= 15 is 0 Å². The van der Waals surface area contributed by atoms with Crippen LogP contribution >= 0.6 is 15.9 Å². The highest BCUT2D eigenvalue weighted by molar-refractivity contribution is 9.09. The van der Waals surface area contributed by atoms with Crippen molar-refractivity contribution in [1.82, 2.24) is 0 Å². The van der Waals surface area contributed by atoms with Crippen LogP contribution in [-0.4, -0.2) is 24.6 Å². The minimum atomic E-state index is -1.29. The third-order valence-corrected chi connectivity index (χ3v) is 2.68. The van der Waals surface area contributed by atoms with Gasteiger partial charge < -0.3 is 5.11 Å². The molecule has 0 aromatic carbocycles. The topological polar surface area (TPSA) is 20.2 Å². The lowest BCUT2D eigenvalue weighted by molar-refractivity contribution is 0.221. The van der Waals surface area contributed by atoms with Gasteiger partial charge in [0.1, 0.15) is 14.2 Å². The van der Waals surface area contributed by atoms with Crippen molar-refractivity contribution in [2.45, 2.75) is 38.6 Å². The molecule has 0 fully saturated rings. The lowest BCUT2D eigenvalue weighted by Gasteiger charge is -2.05. The van der Waals surface area contributed by atoms with Crippen LogP contribution in [0.2, 0.25) is 19.6 Å². The first-order valence-corrected chi connectivity index (χ1v) is 8.84. The number of aliphatic hydroxyl groups is 1. The first-order valence-electron chi connectivity index (χ1n) is 4.22. The third kappa shape index (κ3) is 8.31. The summed E-state index contributed by atoms with van der Waals surface area (Å²) in [5.41, 5.74) is 3.15. The summed E-state index contributed by atoms with van der Waals surface area (Å²) in [6.07, 6.45) is 1.35. The Morgan fingerprint density at radius 1 is 1.42 bits per heavy atom. The summed E-state index contributed by atoms with van der Waals surface area (Å²) < 4.78 is 0. The molecule has 0 bridgehead atoms. The molecule has 0 aliphatic carbocycles. The molecule has 0 saturated carbocycles. The number of alkyl halides is 1. The van der Waals surface area contributed by atoms with Crippen molar-refractivity contribution in [2.75, 3.05) is 5.33 Å². The van der Waals surface area contributed by atoms with E-state index in [0.717, 1.165) is 18.2 Å². The molecule has 0 rings (SSSR count). The average Bonchev–Trinajstić information content (AvgIpc) is 1.95. The summed E-state index contributed by atoms with van der Waals surface area (Å²) in [4.78, 5) is 0. The van der Waals surface area contributed by atoms with Crippen LogP contribution in [0.5, 0.6) is 0 Å². The highest BCUT2D eigenvalue weighted by Gasteiger charge is 2.08. The molecule has 12 heavy (non-hydrogen) atoms. The Hall–Kier alpha value is 0.217. The van der Waals surface area contributed by atoms with Crippen LogP contribution in [0, 0.1) is 11.5 Å². The van der Waals surface area contributed by atoms with Crippen molar-refractivity contribution >= 4 is 24.0 Å². The maximum atomic E-state index is 9.37. The number of aliphatic hydroxyl groups excluding tert-OH is 1. The second kappa shape index (κ2) is 5.79. The second-order valence-electron chi connectivity index (χ2n) is 3.87. The van der Waals surface area contributed by atoms with Crippen molar-refractivity contribution in [3.63, 3.8) is 0 Å². The largest absolute Gasteiger partial charge is 0.380 e. The zero-order valence-corrected chi connectivity index (χ0v) is 10.6. The summed E-state index contributed by atoms with van der Waals surface area (Å²) in [5.74, 6) is 2.90. The molecular formula is C9H17BrOSi. The zero-order valence-electron chi connectivity index (χ0n) is 8.02. The Labute approximate surface area is 84.7 Å². The van der Waals surface area contributed by atoms with Crippen LogP contribution in [0.4, 0.5) is 0 Å². The minimum Gasteiger partial charge on any atom is -0.380 e. The van der Waals surface area contributed by atoms with Crippen LogP contribution in [0.25, 0.3) is 0 Å². The van der Waals surface area contributed by atoms with Crippen LogP contribution in [-0.2, 0) is 0 Å². The molecule has 0 aromatic rings. The molecule has 1 N–H and O–H groups in total. The van der Waals surface area contributed by atoms with Crippen molar-refractivity contribution in [2.24, 2.45) is 0 Å². The average molecular weight is 249 g/mol. The van der Waals surface area contributed by atoms with E-state index in [1.807, 2.05) is 0 Å². The Morgan fingerprint density at radius 2 is 2.00 bits per heavy atom. The Kier molecular flexibility index (Phi) is 5.90. The van der Waals surface area contributed by atoms with E-state index in [1.54, 1.807) is 0 Å². The van der Waals surface area contributed by atoms with Gasteiger partial charge in [-0.15, -0.1) is 5.54 Å². The molecule has 0 saturated heterocycles. The molecule has 0 aromatic heterocycles. The monoisotopic (exact) mass is 248 g/mol. The molecule has 0 aliphatic rings. The fourth-order valence-electron chi connectivity index (χ4n) is 0.642. The quantitative estimate of drug-likeness (QED) is 0.462. The smallest absolute Gasteiger partial charge is 0.129 e. The molecule has 70 valence electrons. The fraction of sp³-hybridized carbons (Fsp3) is 0.778. The lowest BCUT2D eigenvalue weighted by Crippen LogP contribution is -2.17. The van der Waals surface area contributed by atoms with Crippen molar-refractivity contribution < 1.29 is 5.11 Å². The third-order valence-electron chi connectivity index (χ3n) is 1.22. The summed E-state index contributed by atoms with van der Waals surface area (Å²) >= 11 is 3.32. The molecule has 0 radical (unpaired) electrons. The number of rotatable bonds is 3. The summed E-state index contributed by atoms with van der Waals surface area (Å²) in [5, 5.41) is 10.3. The molecule has 0 spiro atoms. The predicted molar refractivity (Wildman–Crippen MR) is 60.2 cm³/mol. The molecule has 1 unspecified atom stereocenters.